The molecule has 94 valence electrons. The number of nitrogens with zero attached hydrogens (tertiary/aromatic N) is 3. The van der Waals surface area contributed by atoms with E-state index in [1.807, 2.05) is 48.6 Å². The van der Waals surface area contributed by atoms with E-state index >= 15 is 0 Å². The lowest BCUT2D eigenvalue weighted by Crippen LogP contribution is -2.23. The SMILES string of the molecule is CC(c1ccc(Cl)cc1)N(C)c1ncc(I)cn1. The van der Waals surface area contributed by atoms with Crippen molar-refractivity contribution in [2.75, 3.05) is 11.9 Å². The van der Waals surface area contributed by atoms with Crippen molar-refractivity contribution in [3.05, 3.63) is 50.8 Å². The van der Waals surface area contributed by atoms with E-state index in [0.29, 0.717) is 0 Å². The average molecular weight is 374 g/mol. The van der Waals surface area contributed by atoms with E-state index in [9.17, 15) is 0 Å². The fraction of sp³-hybridized carbons (Fsp3) is 0.231. The van der Waals surface area contributed by atoms with E-state index in [1.165, 1.54) is 5.56 Å². The molecule has 0 saturated heterocycles. The maximum Gasteiger partial charge on any atom is 0.225 e. The van der Waals surface area contributed by atoms with Crippen LogP contribution in [0, 0.1) is 3.57 Å². The van der Waals surface area contributed by atoms with Crippen molar-refractivity contribution in [1.82, 2.24) is 9.97 Å². The van der Waals surface area contributed by atoms with Gasteiger partial charge in [-0.3, -0.25) is 0 Å². The maximum atomic E-state index is 5.89. The lowest BCUT2D eigenvalue weighted by atomic mass is 10.1. The van der Waals surface area contributed by atoms with Gasteiger partial charge in [0.2, 0.25) is 5.95 Å². The standard InChI is InChI=1S/C13H13ClIN3/c1-9(10-3-5-11(14)6-4-10)18(2)13-16-7-12(15)8-17-13/h3-9H,1-2H3. The summed E-state index contributed by atoms with van der Waals surface area (Å²) < 4.78 is 1.03. The molecule has 18 heavy (non-hydrogen) atoms. The van der Waals surface area contributed by atoms with Crippen molar-refractivity contribution in [1.29, 1.82) is 0 Å². The van der Waals surface area contributed by atoms with Crippen LogP contribution in [-0.2, 0) is 0 Å². The van der Waals surface area contributed by atoms with Gasteiger partial charge in [-0.1, -0.05) is 23.7 Å². The molecule has 0 fully saturated rings. The number of benzene rings is 1. The molecule has 5 heteroatoms. The Labute approximate surface area is 125 Å². The van der Waals surface area contributed by atoms with Crippen molar-refractivity contribution in [2.24, 2.45) is 0 Å². The van der Waals surface area contributed by atoms with Gasteiger partial charge in [-0.25, -0.2) is 9.97 Å². The fourth-order valence-electron chi connectivity index (χ4n) is 1.63. The van der Waals surface area contributed by atoms with Gasteiger partial charge < -0.3 is 4.90 Å². The molecule has 1 aromatic carbocycles. The van der Waals surface area contributed by atoms with Crippen molar-refractivity contribution in [2.45, 2.75) is 13.0 Å². The van der Waals surface area contributed by atoms with Gasteiger partial charge in [-0.15, -0.1) is 0 Å². The molecule has 0 bridgehead atoms. The number of hydrogen-bond donors (Lipinski definition) is 0. The molecule has 0 radical (unpaired) electrons. The van der Waals surface area contributed by atoms with E-state index in [2.05, 4.69) is 39.5 Å². The minimum absolute atomic E-state index is 0.197. The molecule has 1 aromatic heterocycles. The van der Waals surface area contributed by atoms with Gasteiger partial charge >= 0.3 is 0 Å². The van der Waals surface area contributed by atoms with E-state index in [4.69, 9.17) is 11.6 Å². The minimum atomic E-state index is 0.197. The van der Waals surface area contributed by atoms with E-state index in [-0.39, 0.29) is 6.04 Å². The van der Waals surface area contributed by atoms with Crippen LogP contribution >= 0.6 is 34.2 Å². The summed E-state index contributed by atoms with van der Waals surface area (Å²) in [5.41, 5.74) is 1.18. The molecule has 0 amide bonds. The van der Waals surface area contributed by atoms with Gasteiger partial charge in [-0.05, 0) is 47.2 Å². The lowest BCUT2D eigenvalue weighted by Gasteiger charge is -2.25. The molecule has 0 aliphatic rings. The molecule has 0 aliphatic carbocycles. The molecule has 1 atom stereocenters. The third kappa shape index (κ3) is 3.11. The summed E-state index contributed by atoms with van der Waals surface area (Å²) in [6.45, 7) is 2.12. The summed E-state index contributed by atoms with van der Waals surface area (Å²) in [6, 6.07) is 8.04. The molecule has 1 unspecified atom stereocenters. The van der Waals surface area contributed by atoms with Gasteiger partial charge in [0, 0.05) is 28.0 Å². The highest BCUT2D eigenvalue weighted by molar-refractivity contribution is 14.1. The van der Waals surface area contributed by atoms with E-state index in [1.54, 1.807) is 0 Å². The first-order valence-electron chi connectivity index (χ1n) is 5.54. The smallest absolute Gasteiger partial charge is 0.225 e. The number of hydrogen-bond acceptors (Lipinski definition) is 3. The molecule has 3 nitrogen and oxygen atoms in total. The van der Waals surface area contributed by atoms with Gasteiger partial charge in [0.05, 0.1) is 6.04 Å². The molecule has 2 rings (SSSR count). The molecule has 0 saturated carbocycles. The second-order valence-electron chi connectivity index (χ2n) is 4.04. The first kappa shape index (κ1) is 13.5. The molecular formula is C13H13ClIN3. The second-order valence-corrected chi connectivity index (χ2v) is 5.72. The predicted molar refractivity (Wildman–Crippen MR) is 83.0 cm³/mol. The molecule has 0 N–H and O–H groups in total. The summed E-state index contributed by atoms with van der Waals surface area (Å²) >= 11 is 8.09. The first-order valence-corrected chi connectivity index (χ1v) is 6.99. The monoisotopic (exact) mass is 373 g/mol. The van der Waals surface area contributed by atoms with Gasteiger partial charge in [-0.2, -0.15) is 0 Å². The Morgan fingerprint density at radius 2 is 1.72 bits per heavy atom. The highest BCUT2D eigenvalue weighted by atomic mass is 127. The molecular weight excluding hydrogens is 361 g/mol. The quantitative estimate of drug-likeness (QED) is 0.763. The largest absolute Gasteiger partial charge is 0.337 e. The predicted octanol–water partition coefficient (Wildman–Crippen LogP) is 3.93. The van der Waals surface area contributed by atoms with Crippen molar-refractivity contribution >= 4 is 40.1 Å². The normalized spacial score (nSPS) is 12.2. The zero-order chi connectivity index (χ0) is 13.1. The number of rotatable bonds is 3. The van der Waals surface area contributed by atoms with E-state index < -0.39 is 0 Å². The van der Waals surface area contributed by atoms with Crippen LogP contribution in [-0.4, -0.2) is 17.0 Å². The maximum absolute atomic E-state index is 5.89. The van der Waals surface area contributed by atoms with Crippen LogP contribution < -0.4 is 4.90 Å². The van der Waals surface area contributed by atoms with Crippen LogP contribution in [0.3, 0.4) is 0 Å². The summed E-state index contributed by atoms with van der Waals surface area (Å²) in [5, 5.41) is 0.749. The lowest BCUT2D eigenvalue weighted by molar-refractivity contribution is 0.714. The third-order valence-corrected chi connectivity index (χ3v) is 3.66. The number of anilines is 1. The zero-order valence-corrected chi connectivity index (χ0v) is 13.1. The zero-order valence-electron chi connectivity index (χ0n) is 10.1. The Morgan fingerprint density at radius 1 is 1.17 bits per heavy atom. The number of aromatic nitrogens is 2. The first-order chi connectivity index (χ1) is 8.58. The highest BCUT2D eigenvalue weighted by Gasteiger charge is 2.14. The van der Waals surface area contributed by atoms with Crippen LogP contribution in [0.15, 0.2) is 36.7 Å². The van der Waals surface area contributed by atoms with Crippen molar-refractivity contribution < 1.29 is 0 Å². The van der Waals surface area contributed by atoms with Gasteiger partial charge in [0.15, 0.2) is 0 Å². The van der Waals surface area contributed by atoms with Crippen LogP contribution in [0.2, 0.25) is 5.02 Å². The molecule has 2 aromatic rings. The average Bonchev–Trinajstić information content (AvgIpc) is 2.39. The summed E-state index contributed by atoms with van der Waals surface area (Å²) in [5.74, 6) is 0.720. The van der Waals surface area contributed by atoms with Crippen molar-refractivity contribution in [3.63, 3.8) is 0 Å². The van der Waals surface area contributed by atoms with Gasteiger partial charge in [0.1, 0.15) is 0 Å². The Kier molecular flexibility index (Phi) is 4.40. The van der Waals surface area contributed by atoms with Gasteiger partial charge in [0.25, 0.3) is 0 Å². The Morgan fingerprint density at radius 3 is 2.28 bits per heavy atom. The Bertz CT molecular complexity index is 463. The third-order valence-electron chi connectivity index (χ3n) is 2.86. The second kappa shape index (κ2) is 5.84. The van der Waals surface area contributed by atoms with Crippen LogP contribution in [0.25, 0.3) is 0 Å². The molecule has 0 spiro atoms. The molecule has 1 heterocycles. The minimum Gasteiger partial charge on any atom is -0.337 e. The topological polar surface area (TPSA) is 29.0 Å². The summed E-state index contributed by atoms with van der Waals surface area (Å²) in [7, 11) is 1.99. The van der Waals surface area contributed by atoms with Crippen molar-refractivity contribution in [3.8, 4) is 0 Å². The van der Waals surface area contributed by atoms with Crippen LogP contribution in [0.5, 0.6) is 0 Å². The molecule has 0 aliphatic heterocycles. The fourth-order valence-corrected chi connectivity index (χ4v) is 2.03. The van der Waals surface area contributed by atoms with Crippen LogP contribution in [0.4, 0.5) is 5.95 Å². The Balaban J connectivity index is 2.20. The summed E-state index contributed by atoms with van der Waals surface area (Å²) in [6.07, 6.45) is 3.63. The highest BCUT2D eigenvalue weighted by Crippen LogP contribution is 2.23. The number of halogens is 2. The van der Waals surface area contributed by atoms with Crippen LogP contribution in [0.1, 0.15) is 18.5 Å². The van der Waals surface area contributed by atoms with E-state index in [0.717, 1.165) is 14.5 Å². The Hall–Kier alpha value is -0.880. The summed E-state index contributed by atoms with van der Waals surface area (Å²) in [4.78, 5) is 10.7.